The normalized spacial score (nSPS) is 10.7. The van der Waals surface area contributed by atoms with E-state index < -0.39 is 36.6 Å². The van der Waals surface area contributed by atoms with E-state index in [1.54, 1.807) is 0 Å². The molecular formula is C28H29NO11. The van der Waals surface area contributed by atoms with Gasteiger partial charge in [-0.2, -0.15) is 0 Å². The van der Waals surface area contributed by atoms with E-state index in [1.165, 1.54) is 58.8 Å². The van der Waals surface area contributed by atoms with Gasteiger partial charge in [-0.3, -0.25) is 4.90 Å². The molecule has 1 atom stereocenters. The van der Waals surface area contributed by atoms with Crippen LogP contribution in [0.3, 0.4) is 0 Å². The average molecular weight is 556 g/mol. The average Bonchev–Trinajstić information content (AvgIpc) is 2.97. The van der Waals surface area contributed by atoms with Gasteiger partial charge in [-0.15, -0.1) is 0 Å². The molecule has 212 valence electrons. The summed E-state index contributed by atoms with van der Waals surface area (Å²) in [5, 5.41) is 0. The lowest BCUT2D eigenvalue weighted by Gasteiger charge is -2.31. The fourth-order valence-corrected chi connectivity index (χ4v) is 3.47. The van der Waals surface area contributed by atoms with E-state index >= 15 is 0 Å². The Bertz CT molecular complexity index is 1280. The maximum absolute atomic E-state index is 13.5. The quantitative estimate of drug-likeness (QED) is 0.154. The molecule has 0 saturated carbocycles. The number of nitrogens with zero attached hydrogens (tertiary/aromatic N) is 1. The van der Waals surface area contributed by atoms with Gasteiger partial charge in [0, 0.05) is 30.4 Å². The molecule has 40 heavy (non-hydrogen) atoms. The molecule has 0 bridgehead atoms. The summed E-state index contributed by atoms with van der Waals surface area (Å²) in [6, 6.07) is 6.06. The highest BCUT2D eigenvalue weighted by Crippen LogP contribution is 2.43. The minimum absolute atomic E-state index is 0.0228. The summed E-state index contributed by atoms with van der Waals surface area (Å²) in [6.45, 7) is 9.61. The second-order valence-corrected chi connectivity index (χ2v) is 7.53. The van der Waals surface area contributed by atoms with Crippen molar-refractivity contribution < 1.29 is 52.3 Å². The van der Waals surface area contributed by atoms with Crippen LogP contribution in [0.5, 0.6) is 28.7 Å². The third kappa shape index (κ3) is 7.40. The fraction of sp³-hybridized carbons (Fsp3) is 0.214. The summed E-state index contributed by atoms with van der Waals surface area (Å²) < 4.78 is 37.0. The van der Waals surface area contributed by atoms with Crippen molar-refractivity contribution in [1.29, 1.82) is 0 Å². The minimum Gasteiger partial charge on any atom is -0.493 e. The number of amides is 1. The summed E-state index contributed by atoms with van der Waals surface area (Å²) in [5.41, 5.74) is 0.373. The van der Waals surface area contributed by atoms with Crippen LogP contribution in [-0.4, -0.2) is 59.0 Å². The van der Waals surface area contributed by atoms with Crippen LogP contribution in [-0.2, 0) is 23.9 Å². The number of carbonyl (C=O) groups is 4. The molecule has 12 nitrogen and oxygen atoms in total. The Morgan fingerprint density at radius 2 is 1.32 bits per heavy atom. The van der Waals surface area contributed by atoms with Gasteiger partial charge in [-0.25, -0.2) is 19.2 Å². The Hall–Kier alpha value is -5.26. The highest BCUT2D eigenvalue weighted by atomic mass is 16.6. The number of ether oxygens (including phenoxy) is 7. The Morgan fingerprint density at radius 3 is 1.82 bits per heavy atom. The van der Waals surface area contributed by atoms with Crippen molar-refractivity contribution in [2.24, 2.45) is 0 Å². The maximum atomic E-state index is 13.5. The van der Waals surface area contributed by atoms with E-state index in [0.717, 1.165) is 23.1 Å². The number of hydrogen-bond donors (Lipinski definition) is 0. The van der Waals surface area contributed by atoms with E-state index in [9.17, 15) is 19.2 Å². The topological polar surface area (TPSA) is 136 Å². The summed E-state index contributed by atoms with van der Waals surface area (Å²) in [6.07, 6.45) is 1.53. The molecule has 0 aromatic heterocycles. The number of anilines is 1. The molecule has 2 aromatic rings. The van der Waals surface area contributed by atoms with Crippen LogP contribution in [0.1, 0.15) is 11.6 Å². The molecule has 0 fully saturated rings. The predicted octanol–water partition coefficient (Wildman–Crippen LogP) is 3.94. The molecular weight excluding hydrogens is 526 g/mol. The maximum Gasteiger partial charge on any atom is 0.422 e. The van der Waals surface area contributed by atoms with Gasteiger partial charge in [0.1, 0.15) is 6.61 Å². The minimum atomic E-state index is -1.18. The second-order valence-electron chi connectivity index (χ2n) is 7.53. The Morgan fingerprint density at radius 1 is 0.750 bits per heavy atom. The molecule has 0 heterocycles. The summed E-state index contributed by atoms with van der Waals surface area (Å²) in [5.74, 6) is -1.89. The number of methoxy groups -OCH3 is 4. The van der Waals surface area contributed by atoms with Crippen LogP contribution >= 0.6 is 0 Å². The van der Waals surface area contributed by atoms with Gasteiger partial charge in [0.05, 0.1) is 40.2 Å². The van der Waals surface area contributed by atoms with Crippen molar-refractivity contribution >= 4 is 29.7 Å². The number of esters is 3. The SMILES string of the molecule is C=CC(=O)OC[C@H](c1ccc(OC)c(OC(=O)C=C)c1)N(C(=O)OC(=O)C=C)c1cc(OC)c(OC)c(OC)c1. The third-order valence-corrected chi connectivity index (χ3v) is 5.29. The molecule has 0 aliphatic rings. The van der Waals surface area contributed by atoms with Crippen molar-refractivity contribution in [3.8, 4) is 28.7 Å². The zero-order chi connectivity index (χ0) is 29.8. The molecule has 0 unspecified atom stereocenters. The molecule has 0 saturated heterocycles. The van der Waals surface area contributed by atoms with Crippen molar-refractivity contribution in [3.05, 3.63) is 73.9 Å². The van der Waals surface area contributed by atoms with Crippen LogP contribution < -0.4 is 28.6 Å². The lowest BCUT2D eigenvalue weighted by molar-refractivity contribution is -0.138. The van der Waals surface area contributed by atoms with Gasteiger partial charge in [0.25, 0.3) is 0 Å². The summed E-state index contributed by atoms with van der Waals surface area (Å²) in [4.78, 5) is 50.5. The number of carbonyl (C=O) groups excluding carboxylic acids is 4. The zero-order valence-electron chi connectivity index (χ0n) is 22.5. The molecule has 0 radical (unpaired) electrons. The summed E-state index contributed by atoms with van der Waals surface area (Å²) in [7, 11) is 5.51. The molecule has 1 amide bonds. The monoisotopic (exact) mass is 555 g/mol. The van der Waals surface area contributed by atoms with Crippen LogP contribution in [0.15, 0.2) is 68.3 Å². The first-order chi connectivity index (χ1) is 19.2. The van der Waals surface area contributed by atoms with Crippen molar-refractivity contribution in [2.45, 2.75) is 6.04 Å². The van der Waals surface area contributed by atoms with Gasteiger partial charge in [0.15, 0.2) is 23.0 Å². The highest BCUT2D eigenvalue weighted by molar-refractivity contribution is 5.99. The molecule has 0 aliphatic heterocycles. The fourth-order valence-electron chi connectivity index (χ4n) is 3.47. The van der Waals surface area contributed by atoms with Gasteiger partial charge in [-0.05, 0) is 17.7 Å². The highest BCUT2D eigenvalue weighted by Gasteiger charge is 2.33. The van der Waals surface area contributed by atoms with Crippen LogP contribution in [0.2, 0.25) is 0 Å². The van der Waals surface area contributed by atoms with Crippen molar-refractivity contribution in [1.82, 2.24) is 0 Å². The van der Waals surface area contributed by atoms with Gasteiger partial charge in [-0.1, -0.05) is 25.8 Å². The van der Waals surface area contributed by atoms with E-state index in [0.29, 0.717) is 0 Å². The van der Waals surface area contributed by atoms with Gasteiger partial charge in [0.2, 0.25) is 5.75 Å². The first-order valence-corrected chi connectivity index (χ1v) is 11.5. The smallest absolute Gasteiger partial charge is 0.422 e. The number of benzene rings is 2. The molecule has 12 heteroatoms. The predicted molar refractivity (Wildman–Crippen MR) is 143 cm³/mol. The van der Waals surface area contributed by atoms with E-state index in [1.807, 2.05) is 0 Å². The molecule has 0 N–H and O–H groups in total. The van der Waals surface area contributed by atoms with Gasteiger partial charge >= 0.3 is 24.0 Å². The van der Waals surface area contributed by atoms with E-state index in [4.69, 9.17) is 33.2 Å². The van der Waals surface area contributed by atoms with Crippen molar-refractivity contribution in [2.75, 3.05) is 39.9 Å². The van der Waals surface area contributed by atoms with E-state index in [-0.39, 0.29) is 40.0 Å². The van der Waals surface area contributed by atoms with Crippen LogP contribution in [0, 0.1) is 0 Å². The zero-order valence-corrected chi connectivity index (χ0v) is 22.5. The van der Waals surface area contributed by atoms with Crippen molar-refractivity contribution in [3.63, 3.8) is 0 Å². The largest absolute Gasteiger partial charge is 0.493 e. The first kappa shape index (κ1) is 31.0. The Labute approximate surface area is 230 Å². The number of rotatable bonds is 13. The standard InChI is InChI=1S/C28H29NO11/c1-8-24(30)38-16-19(17-11-12-20(34-4)21(13-17)39-25(31)9-2)29(28(33)40-26(32)10-3)18-14-22(35-5)27(37-7)23(15-18)36-6/h8-15,19H,1-3,16H2,4-7H3/t19-/m1/s1. The first-order valence-electron chi connectivity index (χ1n) is 11.5. The molecule has 2 aromatic carbocycles. The third-order valence-electron chi connectivity index (χ3n) is 5.29. The summed E-state index contributed by atoms with van der Waals surface area (Å²) >= 11 is 0. The number of hydrogen-bond acceptors (Lipinski definition) is 11. The molecule has 0 aliphatic carbocycles. The van der Waals surface area contributed by atoms with Gasteiger partial charge < -0.3 is 33.2 Å². The Kier molecular flexibility index (Phi) is 11.3. The molecule has 2 rings (SSSR count). The lowest BCUT2D eigenvalue weighted by atomic mass is 10.0. The second kappa shape index (κ2) is 14.6. The van der Waals surface area contributed by atoms with E-state index in [2.05, 4.69) is 19.7 Å². The van der Waals surface area contributed by atoms with Crippen LogP contribution in [0.4, 0.5) is 10.5 Å². The molecule has 0 spiro atoms. The Balaban J connectivity index is 2.85. The lowest BCUT2D eigenvalue weighted by Crippen LogP contribution is -2.39. The van der Waals surface area contributed by atoms with Crippen LogP contribution in [0.25, 0.3) is 0 Å².